The van der Waals surface area contributed by atoms with Gasteiger partial charge in [0.05, 0.1) is 59.5 Å². The quantitative estimate of drug-likeness (QED) is 0.0199. The Morgan fingerprint density at radius 1 is 0.316 bits per heavy atom. The molecule has 0 aliphatic carbocycles. The molecule has 15 atom stereocenters. The van der Waals surface area contributed by atoms with Crippen molar-refractivity contribution < 1.29 is 146 Å². The van der Waals surface area contributed by atoms with Crippen molar-refractivity contribution in [3.8, 4) is 0 Å². The zero-order valence-electron chi connectivity index (χ0n) is 68.2. The third-order valence-electron chi connectivity index (χ3n) is 19.1. The van der Waals surface area contributed by atoms with Crippen molar-refractivity contribution >= 4 is 65.0 Å². The Labute approximate surface area is 683 Å². The van der Waals surface area contributed by atoms with Gasteiger partial charge in [0.2, 0.25) is 65.0 Å². The number of nitrogens with two attached hydrogens (primary N) is 1. The minimum atomic E-state index is -1.46. The first-order valence-corrected chi connectivity index (χ1v) is 40.9. The largest absolute Gasteiger partial charge is 0.394 e. The number of carbonyl (C=O) groups is 11. The molecule has 0 aromatic rings. The van der Waals surface area contributed by atoms with Gasteiger partial charge in [0.15, 0.2) is 18.9 Å². The third-order valence-corrected chi connectivity index (χ3v) is 19.1. The average molecular weight is 1690 g/mol. The van der Waals surface area contributed by atoms with E-state index in [9.17, 15) is 98.7 Å². The zero-order valence-corrected chi connectivity index (χ0v) is 68.2. The first kappa shape index (κ1) is 105. The Morgan fingerprint density at radius 3 is 0.863 bits per heavy atom. The lowest BCUT2D eigenvalue weighted by molar-refractivity contribution is -0.270. The molecule has 3 saturated heterocycles. The first-order valence-electron chi connectivity index (χ1n) is 40.9. The maximum absolute atomic E-state index is 14.0. The number of hydrogen-bond donors (Lipinski definition) is 21. The van der Waals surface area contributed by atoms with Gasteiger partial charge in [0.1, 0.15) is 85.2 Å². The number of hydrogen-bond acceptors (Lipinski definition) is 31. The summed E-state index contributed by atoms with van der Waals surface area (Å²) < 4.78 is 52.2. The van der Waals surface area contributed by atoms with Crippen LogP contribution in [0.1, 0.15) is 181 Å². The van der Waals surface area contributed by atoms with E-state index >= 15 is 0 Å². The molecule has 3 aliphatic rings. The fourth-order valence-electron chi connectivity index (χ4n) is 12.7. The highest BCUT2D eigenvalue weighted by Crippen LogP contribution is 2.26. The highest BCUT2D eigenvalue weighted by molar-refractivity contribution is 5.79. The van der Waals surface area contributed by atoms with Crippen molar-refractivity contribution in [2.24, 2.45) is 5.90 Å². The lowest BCUT2D eigenvalue weighted by Gasteiger charge is -2.42. The Kier molecular flexibility index (Phi) is 55.8. The fraction of sp³-hybridized carbons (Fsp3) is 0.853. The van der Waals surface area contributed by atoms with Crippen LogP contribution in [0, 0.1) is 0 Å². The predicted octanol–water partition coefficient (Wildman–Crippen LogP) is -5.77. The standard InChI is InChI=1S/C75H136N12O30/c1-49(91)84-63-69(105)66(102)52(42-88)115-72(63)111-36-16-12-22-55(94)77-30-19-33-80-58(97)26-39-108-46-75(87-61(100)25-11-9-7-5-4-6-8-10-15-29-83-62(101)45-114-76,47-109-40-27-59(98)81-34-20-31-78-56(95)23-13-17-37-112-73-64(85-50(2)92)70(106)67(103)53(43-89)116-73)48-110-41-28-60(99)82-35-21-32-79-57(96)24-14-18-38-113-74-65(86-51(3)93)71(107)68(104)54(44-90)117-74/h52-54,63-74,88-90,102-107H,4-48,76H2,1-3H3,(H,77,94)(H,78,95)(H,79,96)(H,80,97)(H,81,98)(H,82,99)(H,83,101)(H,84,91)(H,85,92)(H,86,93)(H,87,100)/t52?,53?,54?,63?,64?,65?,66-,67-,68-,69+,70+,71+,72+,73+,74+,75?/m0/s1. The lowest BCUT2D eigenvalue weighted by atomic mass is 9.97. The summed E-state index contributed by atoms with van der Waals surface area (Å²) in [7, 11) is 0. The molecule has 3 fully saturated rings. The van der Waals surface area contributed by atoms with Crippen LogP contribution in [0.2, 0.25) is 0 Å². The second kappa shape index (κ2) is 62.5. The molecule has 11 amide bonds. The third kappa shape index (κ3) is 45.6. The Bertz CT molecular complexity index is 2610. The first-order chi connectivity index (χ1) is 56.2. The summed E-state index contributed by atoms with van der Waals surface area (Å²) in [5.41, 5.74) is -1.42. The molecule has 6 unspecified atom stereocenters. The molecule has 3 heterocycles. The number of nitrogens with one attached hydrogen (secondary N) is 11. The summed E-state index contributed by atoms with van der Waals surface area (Å²) in [6, 6.07) is -3.29. The van der Waals surface area contributed by atoms with Gasteiger partial charge in [-0.3, -0.25) is 57.6 Å². The van der Waals surface area contributed by atoms with Gasteiger partial charge >= 0.3 is 0 Å². The summed E-state index contributed by atoms with van der Waals surface area (Å²) in [6.45, 7) is 2.72. The molecule has 3 aliphatic heterocycles. The molecule has 0 spiro atoms. The Balaban J connectivity index is 1.57. The summed E-state index contributed by atoms with van der Waals surface area (Å²) in [6.07, 6.45) is -3.98. The van der Waals surface area contributed by atoms with Crippen molar-refractivity contribution in [1.29, 1.82) is 0 Å². The van der Waals surface area contributed by atoms with Crippen LogP contribution in [0.5, 0.6) is 0 Å². The molecule has 42 heteroatoms. The van der Waals surface area contributed by atoms with E-state index in [0.29, 0.717) is 70.8 Å². The molecule has 0 aromatic carbocycles. The van der Waals surface area contributed by atoms with Crippen LogP contribution in [0.15, 0.2) is 0 Å². The van der Waals surface area contributed by atoms with Crippen molar-refractivity contribution in [2.75, 3.05) is 132 Å². The molecule has 42 nitrogen and oxygen atoms in total. The molecule has 0 saturated carbocycles. The van der Waals surface area contributed by atoms with Gasteiger partial charge in [-0.25, -0.2) is 5.90 Å². The Morgan fingerprint density at radius 2 is 0.573 bits per heavy atom. The topological polar surface area (TPSA) is 620 Å². The molecular weight excluding hydrogens is 1550 g/mol. The summed E-state index contributed by atoms with van der Waals surface area (Å²) in [4.78, 5) is 142. The number of rotatable bonds is 66. The van der Waals surface area contributed by atoms with Gasteiger partial charge < -0.3 is 147 Å². The zero-order chi connectivity index (χ0) is 86.2. The number of amides is 11. The number of aliphatic hydroxyl groups excluding tert-OH is 9. The van der Waals surface area contributed by atoms with E-state index in [2.05, 4.69) is 63.3 Å². The lowest BCUT2D eigenvalue weighted by Crippen LogP contribution is -2.64. The molecule has 0 radical (unpaired) electrons. The van der Waals surface area contributed by atoms with Gasteiger partial charge in [0.25, 0.3) is 0 Å². The summed E-state index contributed by atoms with van der Waals surface area (Å²) in [5.74, 6) is 0.966. The molecule has 3 rings (SSSR count). The average Bonchev–Trinajstić information content (AvgIpc) is 0.816. The van der Waals surface area contributed by atoms with Crippen molar-refractivity contribution in [3.05, 3.63) is 0 Å². The SMILES string of the molecule is CC(=O)NC1[C@H](OCCCCC(=O)NCCCNC(=O)CCOCC(COCCC(=O)NCCCNC(=O)CCCCO[C@@H]2OC(CO)[C@H](O)[C@H](O)C2NC(C)=O)(COCCC(=O)NCCCNC(=O)CCCCO[C@@H]2OC(CO)[C@H](O)[C@H](O)C2NC(C)=O)NC(=O)CCCCCCCCCCCNC(=O)CON)OC(CO)[C@H](O)[C@@H]1O. The minimum absolute atomic E-state index is 0.0761. The highest BCUT2D eigenvalue weighted by Gasteiger charge is 2.48. The molecular formula is C75H136N12O30. The molecule has 0 bridgehead atoms. The van der Waals surface area contributed by atoms with Crippen LogP contribution >= 0.6 is 0 Å². The van der Waals surface area contributed by atoms with E-state index in [0.717, 1.165) is 51.4 Å². The van der Waals surface area contributed by atoms with Crippen LogP contribution in [0.3, 0.4) is 0 Å². The van der Waals surface area contributed by atoms with Crippen molar-refractivity contribution in [2.45, 2.75) is 279 Å². The second-order valence-corrected chi connectivity index (χ2v) is 29.3. The summed E-state index contributed by atoms with van der Waals surface area (Å²) in [5, 5.41) is 121. The van der Waals surface area contributed by atoms with E-state index in [1.807, 2.05) is 0 Å². The predicted molar refractivity (Wildman–Crippen MR) is 414 cm³/mol. The minimum Gasteiger partial charge on any atom is -0.394 e. The van der Waals surface area contributed by atoms with Crippen LogP contribution in [0.4, 0.5) is 0 Å². The number of unbranched alkanes of at least 4 members (excludes halogenated alkanes) is 11. The van der Waals surface area contributed by atoms with E-state index in [-0.39, 0.29) is 198 Å². The van der Waals surface area contributed by atoms with Crippen LogP contribution in [-0.2, 0) is 100 Å². The molecule has 22 N–H and O–H groups in total. The van der Waals surface area contributed by atoms with Gasteiger partial charge in [-0.15, -0.1) is 0 Å². The van der Waals surface area contributed by atoms with E-state index < -0.39 is 135 Å². The van der Waals surface area contributed by atoms with Crippen LogP contribution in [-0.4, -0.2) is 340 Å². The van der Waals surface area contributed by atoms with Crippen LogP contribution < -0.4 is 64.4 Å². The fourth-order valence-corrected chi connectivity index (χ4v) is 12.7. The maximum atomic E-state index is 14.0. The van der Waals surface area contributed by atoms with Crippen molar-refractivity contribution in [1.82, 2.24) is 58.5 Å². The van der Waals surface area contributed by atoms with Gasteiger partial charge in [-0.2, -0.15) is 0 Å². The monoisotopic (exact) mass is 1680 g/mol. The number of carbonyl (C=O) groups excluding carboxylic acids is 11. The maximum Gasteiger partial charge on any atom is 0.248 e. The van der Waals surface area contributed by atoms with Gasteiger partial charge in [0, 0.05) is 131 Å². The molecule has 0 aromatic heterocycles. The van der Waals surface area contributed by atoms with E-state index in [1.54, 1.807) is 0 Å². The molecule has 117 heavy (non-hydrogen) atoms. The van der Waals surface area contributed by atoms with Crippen molar-refractivity contribution in [3.63, 3.8) is 0 Å². The van der Waals surface area contributed by atoms with Gasteiger partial charge in [-0.05, 0) is 70.6 Å². The highest BCUT2D eigenvalue weighted by atomic mass is 16.7. The molecule has 676 valence electrons. The second-order valence-electron chi connectivity index (χ2n) is 29.3. The van der Waals surface area contributed by atoms with Gasteiger partial charge in [-0.1, -0.05) is 44.9 Å². The summed E-state index contributed by atoms with van der Waals surface area (Å²) >= 11 is 0. The Hall–Kier alpha value is -6.63. The van der Waals surface area contributed by atoms with E-state index in [1.165, 1.54) is 20.8 Å². The normalized spacial score (nSPS) is 23.6. The van der Waals surface area contributed by atoms with Crippen LogP contribution in [0.25, 0.3) is 0 Å². The number of aliphatic hydroxyl groups is 9. The van der Waals surface area contributed by atoms with E-state index in [4.69, 9.17) is 48.5 Å². The smallest absolute Gasteiger partial charge is 0.248 e. The number of ether oxygens (including phenoxy) is 9.